The lowest BCUT2D eigenvalue weighted by Gasteiger charge is -2.05. The average molecular weight is 267 g/mol. The molecule has 2 rings (SSSR count). The Morgan fingerprint density at radius 1 is 1.11 bits per heavy atom. The molecule has 0 aliphatic heterocycles. The van der Waals surface area contributed by atoms with Crippen LogP contribution in [-0.4, -0.2) is 16.2 Å². The van der Waals surface area contributed by atoms with E-state index in [4.69, 9.17) is 21.8 Å². The van der Waals surface area contributed by atoms with Gasteiger partial charge in [0.1, 0.15) is 0 Å². The zero-order valence-corrected chi connectivity index (χ0v) is 9.78. The molecule has 0 amide bonds. The molecule has 3 nitrogen and oxygen atoms in total. The Kier molecular flexibility index (Phi) is 3.21. The van der Waals surface area contributed by atoms with Gasteiger partial charge in [-0.1, -0.05) is 23.7 Å². The third-order valence-electron chi connectivity index (χ3n) is 2.48. The molecule has 92 valence electrons. The van der Waals surface area contributed by atoms with Crippen molar-refractivity contribution in [1.82, 2.24) is 0 Å². The van der Waals surface area contributed by atoms with E-state index in [0.29, 0.717) is 11.1 Å². The Morgan fingerprint density at radius 2 is 1.72 bits per heavy atom. The number of phenols is 1. The summed E-state index contributed by atoms with van der Waals surface area (Å²) in [6.07, 6.45) is 0. The first-order valence-electron chi connectivity index (χ1n) is 5.01. The van der Waals surface area contributed by atoms with E-state index in [1.54, 1.807) is 0 Å². The maximum absolute atomic E-state index is 13.2. The monoisotopic (exact) mass is 266 g/mol. The van der Waals surface area contributed by atoms with Gasteiger partial charge in [0.05, 0.1) is 10.6 Å². The number of phenolic OH excluding ortho intramolecular Hbond substituents is 1. The van der Waals surface area contributed by atoms with Crippen LogP contribution in [0.2, 0.25) is 5.02 Å². The molecule has 0 heterocycles. The van der Waals surface area contributed by atoms with Gasteiger partial charge >= 0.3 is 5.97 Å². The zero-order chi connectivity index (χ0) is 13.3. The molecule has 0 radical (unpaired) electrons. The number of hydrogen-bond donors (Lipinski definition) is 2. The molecule has 2 aromatic carbocycles. The first kappa shape index (κ1) is 12.4. The van der Waals surface area contributed by atoms with Crippen LogP contribution in [0.3, 0.4) is 0 Å². The van der Waals surface area contributed by atoms with Crippen molar-refractivity contribution in [3.05, 3.63) is 52.8 Å². The lowest BCUT2D eigenvalue weighted by Crippen LogP contribution is -1.97. The Hall–Kier alpha value is -2.07. The number of aromatic hydroxyl groups is 1. The summed E-state index contributed by atoms with van der Waals surface area (Å²) >= 11 is 5.82. The van der Waals surface area contributed by atoms with Crippen molar-refractivity contribution in [1.29, 1.82) is 0 Å². The Bertz CT molecular complexity index is 626. The number of aromatic carboxylic acids is 1. The highest BCUT2D eigenvalue weighted by atomic mass is 35.5. The van der Waals surface area contributed by atoms with E-state index in [-0.39, 0.29) is 10.6 Å². The summed E-state index contributed by atoms with van der Waals surface area (Å²) in [7, 11) is 0. The summed E-state index contributed by atoms with van der Waals surface area (Å²) < 4.78 is 13.2. The van der Waals surface area contributed by atoms with Crippen molar-refractivity contribution in [3.63, 3.8) is 0 Å². The Morgan fingerprint density at radius 3 is 2.28 bits per heavy atom. The molecule has 18 heavy (non-hydrogen) atoms. The van der Waals surface area contributed by atoms with E-state index in [1.807, 2.05) is 0 Å². The molecular formula is C13H8ClFO3. The van der Waals surface area contributed by atoms with Crippen LogP contribution >= 0.6 is 11.6 Å². The summed E-state index contributed by atoms with van der Waals surface area (Å²) in [6, 6.07) is 8.22. The number of rotatable bonds is 2. The highest BCUT2D eigenvalue weighted by Crippen LogP contribution is 2.28. The fourth-order valence-corrected chi connectivity index (χ4v) is 1.82. The van der Waals surface area contributed by atoms with Crippen LogP contribution in [0, 0.1) is 5.82 Å². The lowest BCUT2D eigenvalue weighted by molar-refractivity contribution is 0.0697. The number of carboxylic acid groups (broad SMARTS) is 1. The van der Waals surface area contributed by atoms with Gasteiger partial charge in [-0.25, -0.2) is 9.18 Å². The molecule has 5 heteroatoms. The Balaban J connectivity index is 2.48. The summed E-state index contributed by atoms with van der Waals surface area (Å²) in [6.45, 7) is 0. The minimum absolute atomic E-state index is 0.0142. The molecule has 0 saturated heterocycles. The maximum atomic E-state index is 13.2. The molecule has 2 aromatic rings. The average Bonchev–Trinajstić information content (AvgIpc) is 2.32. The summed E-state index contributed by atoms with van der Waals surface area (Å²) in [5.41, 5.74) is 1.06. The van der Waals surface area contributed by atoms with Gasteiger partial charge < -0.3 is 10.2 Å². The van der Waals surface area contributed by atoms with Crippen molar-refractivity contribution >= 4 is 17.6 Å². The van der Waals surface area contributed by atoms with Crippen molar-refractivity contribution < 1.29 is 19.4 Å². The predicted octanol–water partition coefficient (Wildman–Crippen LogP) is 3.55. The van der Waals surface area contributed by atoms with Crippen LogP contribution in [-0.2, 0) is 0 Å². The van der Waals surface area contributed by atoms with Gasteiger partial charge in [-0.15, -0.1) is 0 Å². The number of halogens is 2. The van der Waals surface area contributed by atoms with Crippen LogP contribution < -0.4 is 0 Å². The Labute approximate surface area is 107 Å². The highest BCUT2D eigenvalue weighted by molar-refractivity contribution is 6.33. The van der Waals surface area contributed by atoms with E-state index < -0.39 is 17.5 Å². The summed E-state index contributed by atoms with van der Waals surface area (Å²) in [4.78, 5) is 10.8. The normalized spacial score (nSPS) is 10.3. The van der Waals surface area contributed by atoms with Crippen LogP contribution in [0.1, 0.15) is 10.4 Å². The SMILES string of the molecule is O=C(O)c1ccc(-c2ccc(O)c(F)c2)cc1Cl. The zero-order valence-electron chi connectivity index (χ0n) is 9.02. The number of benzene rings is 2. The molecule has 0 aromatic heterocycles. The third kappa shape index (κ3) is 2.28. The van der Waals surface area contributed by atoms with Crippen molar-refractivity contribution in [2.45, 2.75) is 0 Å². The molecule has 0 aliphatic rings. The predicted molar refractivity (Wildman–Crippen MR) is 65.5 cm³/mol. The fourth-order valence-electron chi connectivity index (χ4n) is 1.55. The first-order chi connectivity index (χ1) is 8.49. The second-order valence-corrected chi connectivity index (χ2v) is 4.07. The van der Waals surface area contributed by atoms with Crippen molar-refractivity contribution in [2.24, 2.45) is 0 Å². The number of hydrogen-bond acceptors (Lipinski definition) is 2. The van der Waals surface area contributed by atoms with Gasteiger partial charge in [0, 0.05) is 0 Å². The maximum Gasteiger partial charge on any atom is 0.337 e. The quantitative estimate of drug-likeness (QED) is 0.874. The first-order valence-corrected chi connectivity index (χ1v) is 5.38. The minimum Gasteiger partial charge on any atom is -0.505 e. The molecule has 0 bridgehead atoms. The van der Waals surface area contributed by atoms with Gasteiger partial charge in [0.2, 0.25) is 0 Å². The van der Waals surface area contributed by atoms with E-state index >= 15 is 0 Å². The third-order valence-corrected chi connectivity index (χ3v) is 2.79. The summed E-state index contributed by atoms with van der Waals surface area (Å²) in [5.74, 6) is -2.30. The van der Waals surface area contributed by atoms with E-state index in [9.17, 15) is 9.18 Å². The number of carbonyl (C=O) groups is 1. The largest absolute Gasteiger partial charge is 0.505 e. The molecule has 0 unspecified atom stereocenters. The van der Waals surface area contributed by atoms with E-state index in [2.05, 4.69) is 0 Å². The molecule has 0 saturated carbocycles. The van der Waals surface area contributed by atoms with Crippen LogP contribution in [0.4, 0.5) is 4.39 Å². The standard InChI is InChI=1S/C13H8ClFO3/c14-10-5-7(1-3-9(10)13(17)18)8-2-4-12(16)11(15)6-8/h1-6,16H,(H,17,18). The second-order valence-electron chi connectivity index (χ2n) is 3.67. The lowest BCUT2D eigenvalue weighted by atomic mass is 10.0. The molecule has 0 aliphatic carbocycles. The highest BCUT2D eigenvalue weighted by Gasteiger charge is 2.10. The van der Waals surface area contributed by atoms with Crippen LogP contribution in [0.15, 0.2) is 36.4 Å². The van der Waals surface area contributed by atoms with Gasteiger partial charge in [-0.05, 0) is 35.4 Å². The minimum atomic E-state index is -1.12. The topological polar surface area (TPSA) is 57.5 Å². The van der Waals surface area contributed by atoms with E-state index in [0.717, 1.165) is 6.07 Å². The van der Waals surface area contributed by atoms with Gasteiger partial charge in [0.15, 0.2) is 11.6 Å². The van der Waals surface area contributed by atoms with Crippen molar-refractivity contribution in [2.75, 3.05) is 0 Å². The smallest absolute Gasteiger partial charge is 0.337 e. The van der Waals surface area contributed by atoms with Gasteiger partial charge in [-0.3, -0.25) is 0 Å². The van der Waals surface area contributed by atoms with Crippen LogP contribution in [0.5, 0.6) is 5.75 Å². The van der Waals surface area contributed by atoms with Crippen molar-refractivity contribution in [3.8, 4) is 16.9 Å². The summed E-state index contributed by atoms with van der Waals surface area (Å²) in [5, 5.41) is 18.0. The fraction of sp³-hybridized carbons (Fsp3) is 0. The number of carboxylic acids is 1. The molecule has 0 atom stereocenters. The molecular weight excluding hydrogens is 259 g/mol. The second kappa shape index (κ2) is 4.66. The molecule has 2 N–H and O–H groups in total. The van der Waals surface area contributed by atoms with Gasteiger partial charge in [0.25, 0.3) is 0 Å². The molecule has 0 spiro atoms. The molecule has 0 fully saturated rings. The van der Waals surface area contributed by atoms with E-state index in [1.165, 1.54) is 30.3 Å². The van der Waals surface area contributed by atoms with Crippen LogP contribution in [0.25, 0.3) is 11.1 Å². The van der Waals surface area contributed by atoms with Gasteiger partial charge in [-0.2, -0.15) is 0 Å².